The van der Waals surface area contributed by atoms with Crippen LogP contribution in [0.3, 0.4) is 0 Å². The second kappa shape index (κ2) is 8.84. The summed E-state index contributed by atoms with van der Waals surface area (Å²) in [6.45, 7) is 0. The number of carbonyl (C=O) groups is 1. The Balaban J connectivity index is 1.64. The molecule has 4 rings (SSSR count). The molecule has 0 aliphatic rings. The van der Waals surface area contributed by atoms with Crippen molar-refractivity contribution < 1.29 is 14.3 Å². The molecule has 1 heterocycles. The molecular formula is C25H21NO3S. The Labute approximate surface area is 179 Å². The van der Waals surface area contributed by atoms with Gasteiger partial charge in [0.2, 0.25) is 0 Å². The van der Waals surface area contributed by atoms with Crippen LogP contribution in [0.4, 0.5) is 5.69 Å². The van der Waals surface area contributed by atoms with Gasteiger partial charge in [-0.05, 0) is 47.3 Å². The van der Waals surface area contributed by atoms with Gasteiger partial charge < -0.3 is 14.8 Å². The average Bonchev–Trinajstić information content (AvgIpc) is 3.34. The minimum Gasteiger partial charge on any atom is -0.497 e. The standard InChI is InChI=1S/C25H21NO3S/c1-28-19-12-13-20(23(16-19)29-2)17-7-5-8-18(15-17)25(27)26-22-10-4-3-9-21(22)24-11-6-14-30-24/h3-16H,1-2H3,(H,26,27). The van der Waals surface area contributed by atoms with Gasteiger partial charge in [0.1, 0.15) is 11.5 Å². The first-order chi connectivity index (χ1) is 14.7. The first kappa shape index (κ1) is 19.7. The number of amides is 1. The molecular weight excluding hydrogens is 394 g/mol. The molecule has 4 nitrogen and oxygen atoms in total. The van der Waals surface area contributed by atoms with Gasteiger partial charge in [-0.25, -0.2) is 0 Å². The second-order valence-corrected chi connectivity index (χ2v) is 7.57. The number of anilines is 1. The van der Waals surface area contributed by atoms with E-state index in [0.29, 0.717) is 11.3 Å². The van der Waals surface area contributed by atoms with Gasteiger partial charge in [0.25, 0.3) is 5.91 Å². The smallest absolute Gasteiger partial charge is 0.255 e. The zero-order valence-electron chi connectivity index (χ0n) is 16.7. The van der Waals surface area contributed by atoms with Crippen molar-refractivity contribution in [2.24, 2.45) is 0 Å². The van der Waals surface area contributed by atoms with E-state index >= 15 is 0 Å². The maximum atomic E-state index is 13.0. The minimum absolute atomic E-state index is 0.159. The molecule has 1 aromatic heterocycles. The van der Waals surface area contributed by atoms with E-state index in [2.05, 4.69) is 5.32 Å². The van der Waals surface area contributed by atoms with Crippen molar-refractivity contribution in [2.75, 3.05) is 19.5 Å². The van der Waals surface area contributed by atoms with E-state index in [1.54, 1.807) is 25.6 Å². The number of carbonyl (C=O) groups excluding carboxylic acids is 1. The van der Waals surface area contributed by atoms with Crippen molar-refractivity contribution >= 4 is 22.9 Å². The highest BCUT2D eigenvalue weighted by Gasteiger charge is 2.13. The molecule has 1 N–H and O–H groups in total. The lowest BCUT2D eigenvalue weighted by molar-refractivity contribution is 0.102. The van der Waals surface area contributed by atoms with Crippen molar-refractivity contribution in [3.8, 4) is 33.1 Å². The van der Waals surface area contributed by atoms with Gasteiger partial charge in [-0.15, -0.1) is 11.3 Å². The number of para-hydroxylation sites is 1. The highest BCUT2D eigenvalue weighted by molar-refractivity contribution is 7.13. The minimum atomic E-state index is -0.159. The van der Waals surface area contributed by atoms with Gasteiger partial charge in [0.05, 0.1) is 14.2 Å². The van der Waals surface area contributed by atoms with Gasteiger partial charge in [0.15, 0.2) is 0 Å². The Kier molecular flexibility index (Phi) is 5.82. The molecule has 0 fully saturated rings. The SMILES string of the molecule is COc1ccc(-c2cccc(C(=O)Nc3ccccc3-c3cccs3)c2)c(OC)c1. The Morgan fingerprint density at radius 2 is 1.70 bits per heavy atom. The molecule has 5 heteroatoms. The number of benzene rings is 3. The van der Waals surface area contributed by atoms with E-state index in [9.17, 15) is 4.79 Å². The molecule has 0 atom stereocenters. The lowest BCUT2D eigenvalue weighted by Gasteiger charge is -2.13. The van der Waals surface area contributed by atoms with Crippen LogP contribution >= 0.6 is 11.3 Å². The van der Waals surface area contributed by atoms with E-state index < -0.39 is 0 Å². The largest absolute Gasteiger partial charge is 0.497 e. The number of ether oxygens (including phenoxy) is 2. The van der Waals surface area contributed by atoms with Crippen molar-refractivity contribution in [3.63, 3.8) is 0 Å². The van der Waals surface area contributed by atoms with Crippen molar-refractivity contribution in [1.82, 2.24) is 0 Å². The molecule has 0 aliphatic heterocycles. The fourth-order valence-corrected chi connectivity index (χ4v) is 4.06. The molecule has 0 bridgehead atoms. The number of rotatable bonds is 6. The summed E-state index contributed by atoms with van der Waals surface area (Å²) in [4.78, 5) is 14.1. The van der Waals surface area contributed by atoms with Gasteiger partial charge in [-0.3, -0.25) is 4.79 Å². The summed E-state index contributed by atoms with van der Waals surface area (Å²) in [6, 6.07) is 25.0. The predicted molar refractivity (Wildman–Crippen MR) is 123 cm³/mol. The lowest BCUT2D eigenvalue weighted by Crippen LogP contribution is -2.12. The van der Waals surface area contributed by atoms with Crippen molar-refractivity contribution in [1.29, 1.82) is 0 Å². The summed E-state index contributed by atoms with van der Waals surface area (Å²) in [5.74, 6) is 1.25. The van der Waals surface area contributed by atoms with Gasteiger partial charge in [0, 0.05) is 33.3 Å². The van der Waals surface area contributed by atoms with Crippen molar-refractivity contribution in [2.45, 2.75) is 0 Å². The number of hydrogen-bond acceptors (Lipinski definition) is 4. The van der Waals surface area contributed by atoms with E-state index in [4.69, 9.17) is 9.47 Å². The first-order valence-corrected chi connectivity index (χ1v) is 10.3. The van der Waals surface area contributed by atoms with Gasteiger partial charge in [-0.1, -0.05) is 36.4 Å². The molecule has 3 aromatic carbocycles. The third-order valence-electron chi connectivity index (χ3n) is 4.81. The molecule has 0 saturated heterocycles. The van der Waals surface area contributed by atoms with Crippen molar-refractivity contribution in [3.05, 3.63) is 89.8 Å². The highest BCUT2D eigenvalue weighted by atomic mass is 32.1. The number of hydrogen-bond donors (Lipinski definition) is 1. The van der Waals surface area contributed by atoms with Crippen LogP contribution in [-0.2, 0) is 0 Å². The molecule has 4 aromatic rings. The Hall–Kier alpha value is -3.57. The summed E-state index contributed by atoms with van der Waals surface area (Å²) >= 11 is 1.64. The third-order valence-corrected chi connectivity index (χ3v) is 5.71. The van der Waals surface area contributed by atoms with Gasteiger partial charge in [-0.2, -0.15) is 0 Å². The average molecular weight is 416 g/mol. The second-order valence-electron chi connectivity index (χ2n) is 6.62. The van der Waals surface area contributed by atoms with Crippen LogP contribution in [0, 0.1) is 0 Å². The molecule has 0 aliphatic carbocycles. The summed E-state index contributed by atoms with van der Waals surface area (Å²) < 4.78 is 10.8. The fraction of sp³-hybridized carbons (Fsp3) is 0.0800. The molecule has 0 radical (unpaired) electrons. The summed E-state index contributed by atoms with van der Waals surface area (Å²) in [6.07, 6.45) is 0. The summed E-state index contributed by atoms with van der Waals surface area (Å²) in [5, 5.41) is 5.08. The molecule has 0 saturated carbocycles. The molecule has 0 unspecified atom stereocenters. The summed E-state index contributed by atoms with van der Waals surface area (Å²) in [5.41, 5.74) is 4.16. The molecule has 150 valence electrons. The number of thiophene rings is 1. The Bertz CT molecular complexity index is 1170. The van der Waals surface area contributed by atoms with E-state index in [1.165, 1.54) is 0 Å². The Morgan fingerprint density at radius 1 is 0.833 bits per heavy atom. The zero-order valence-corrected chi connectivity index (χ0v) is 17.5. The monoisotopic (exact) mass is 415 g/mol. The normalized spacial score (nSPS) is 10.5. The van der Waals surface area contributed by atoms with E-state index in [0.717, 1.165) is 33.0 Å². The van der Waals surface area contributed by atoms with Gasteiger partial charge >= 0.3 is 0 Å². The molecule has 1 amide bonds. The number of nitrogens with one attached hydrogen (secondary N) is 1. The van der Waals surface area contributed by atoms with E-state index in [1.807, 2.05) is 84.2 Å². The molecule has 30 heavy (non-hydrogen) atoms. The third kappa shape index (κ3) is 4.07. The van der Waals surface area contributed by atoms with Crippen LogP contribution in [-0.4, -0.2) is 20.1 Å². The highest BCUT2D eigenvalue weighted by Crippen LogP contribution is 2.34. The number of methoxy groups -OCH3 is 2. The topological polar surface area (TPSA) is 47.6 Å². The maximum absolute atomic E-state index is 13.0. The lowest BCUT2D eigenvalue weighted by atomic mass is 10.0. The fourth-order valence-electron chi connectivity index (χ4n) is 3.30. The van der Waals surface area contributed by atoms with Crippen LogP contribution in [0.2, 0.25) is 0 Å². The first-order valence-electron chi connectivity index (χ1n) is 9.46. The Morgan fingerprint density at radius 3 is 2.47 bits per heavy atom. The van der Waals surface area contributed by atoms with E-state index in [-0.39, 0.29) is 5.91 Å². The van der Waals surface area contributed by atoms with Crippen LogP contribution in [0.5, 0.6) is 11.5 Å². The van der Waals surface area contributed by atoms with Crippen LogP contribution in [0.15, 0.2) is 84.2 Å². The molecule has 0 spiro atoms. The van der Waals surface area contributed by atoms with Crippen LogP contribution < -0.4 is 14.8 Å². The van der Waals surface area contributed by atoms with Crippen LogP contribution in [0.25, 0.3) is 21.6 Å². The predicted octanol–water partition coefficient (Wildman–Crippen LogP) is 6.35. The maximum Gasteiger partial charge on any atom is 0.255 e. The van der Waals surface area contributed by atoms with Crippen LogP contribution in [0.1, 0.15) is 10.4 Å². The zero-order chi connectivity index (χ0) is 20.9. The summed E-state index contributed by atoms with van der Waals surface area (Å²) in [7, 11) is 3.24. The quantitative estimate of drug-likeness (QED) is 0.399.